The lowest BCUT2D eigenvalue weighted by atomic mass is 9.98. The molecule has 2 N–H and O–H groups in total. The lowest BCUT2D eigenvalue weighted by Crippen LogP contribution is -2.42. The number of carbonyl (C=O) groups excluding carboxylic acids is 1. The number of aliphatic carboxylic acids is 1. The van der Waals surface area contributed by atoms with Crippen molar-refractivity contribution < 1.29 is 28.6 Å². The first kappa shape index (κ1) is 24.5. The summed E-state index contributed by atoms with van der Waals surface area (Å²) in [4.78, 5) is 24.5. The zero-order valence-electron chi connectivity index (χ0n) is 19.9. The average molecular weight is 518 g/mol. The molecule has 1 unspecified atom stereocenters. The number of methoxy groups -OCH3 is 1. The number of alkyl carbamates (subject to hydrolysis) is 1. The van der Waals surface area contributed by atoms with Crippen molar-refractivity contribution in [3.8, 4) is 28.2 Å². The van der Waals surface area contributed by atoms with Gasteiger partial charge in [-0.2, -0.15) is 0 Å². The number of carboxylic acid groups (broad SMARTS) is 1. The number of amides is 1. The van der Waals surface area contributed by atoms with Crippen LogP contribution < -0.4 is 10.1 Å². The fraction of sp³-hybridized carbons (Fsp3) is 0.172. The molecule has 1 aliphatic rings. The van der Waals surface area contributed by atoms with E-state index in [1.807, 2.05) is 48.5 Å². The van der Waals surface area contributed by atoms with Crippen LogP contribution in [0.5, 0.6) is 5.75 Å². The lowest BCUT2D eigenvalue weighted by molar-refractivity contribution is -0.139. The zero-order valence-corrected chi connectivity index (χ0v) is 20.7. The minimum absolute atomic E-state index is 0.0522. The molecular formula is C29H24ClNO6. The second kappa shape index (κ2) is 10.4. The molecule has 1 atom stereocenters. The molecule has 3 aromatic carbocycles. The minimum atomic E-state index is -1.23. The molecule has 0 bridgehead atoms. The fourth-order valence-corrected chi connectivity index (χ4v) is 4.90. The highest BCUT2D eigenvalue weighted by molar-refractivity contribution is 6.32. The van der Waals surface area contributed by atoms with Crippen molar-refractivity contribution in [2.24, 2.45) is 0 Å². The summed E-state index contributed by atoms with van der Waals surface area (Å²) in [6.45, 7) is 0.0926. The highest BCUT2D eigenvalue weighted by Gasteiger charge is 2.30. The van der Waals surface area contributed by atoms with Crippen LogP contribution in [-0.2, 0) is 16.0 Å². The van der Waals surface area contributed by atoms with E-state index < -0.39 is 18.1 Å². The number of nitrogens with one attached hydrogen (secondary N) is 1. The van der Waals surface area contributed by atoms with Crippen molar-refractivity contribution in [3.63, 3.8) is 0 Å². The average Bonchev–Trinajstić information content (AvgIpc) is 3.50. The number of ether oxygens (including phenoxy) is 2. The van der Waals surface area contributed by atoms with Crippen LogP contribution in [0.4, 0.5) is 4.79 Å². The monoisotopic (exact) mass is 517 g/mol. The minimum Gasteiger partial charge on any atom is -0.495 e. The Morgan fingerprint density at radius 1 is 1.00 bits per heavy atom. The Hall–Kier alpha value is -4.23. The fourth-order valence-electron chi connectivity index (χ4n) is 4.65. The van der Waals surface area contributed by atoms with Crippen LogP contribution in [0.2, 0.25) is 5.02 Å². The second-order valence-corrected chi connectivity index (χ2v) is 9.09. The van der Waals surface area contributed by atoms with Gasteiger partial charge in [0, 0.05) is 17.9 Å². The summed E-state index contributed by atoms with van der Waals surface area (Å²) in [6.07, 6.45) is -0.855. The van der Waals surface area contributed by atoms with Gasteiger partial charge < -0.3 is 24.3 Å². The number of rotatable bonds is 8. The van der Waals surface area contributed by atoms with E-state index >= 15 is 0 Å². The van der Waals surface area contributed by atoms with E-state index in [2.05, 4.69) is 5.32 Å². The number of carbonyl (C=O) groups is 2. The summed E-state index contributed by atoms with van der Waals surface area (Å²) in [5.41, 5.74) is 5.10. The highest BCUT2D eigenvalue weighted by atomic mass is 35.5. The Labute approximate surface area is 218 Å². The standard InChI is InChI=1S/C29H24ClNO6/c1-35-27-12-10-17(14-24(27)30)26-13-11-18(37-26)15-25(28(32)33)31-29(34)36-16-23-21-8-4-2-6-19(21)20-7-3-5-9-22(20)23/h2-14,23,25H,15-16H2,1H3,(H,31,34)(H,32,33). The third-order valence-electron chi connectivity index (χ3n) is 6.44. The molecule has 8 heteroatoms. The summed E-state index contributed by atoms with van der Waals surface area (Å²) in [5.74, 6) is 0.137. The number of halogens is 1. The number of furan rings is 1. The SMILES string of the molecule is COc1ccc(-c2ccc(CC(NC(=O)OCC3c4ccccc4-c4ccccc43)C(=O)O)o2)cc1Cl. The molecule has 0 saturated carbocycles. The van der Waals surface area contributed by atoms with E-state index in [-0.39, 0.29) is 18.9 Å². The normalized spacial score (nSPS) is 12.9. The van der Waals surface area contributed by atoms with Gasteiger partial charge in [0.25, 0.3) is 0 Å². The first-order chi connectivity index (χ1) is 17.9. The van der Waals surface area contributed by atoms with Crippen molar-refractivity contribution in [1.82, 2.24) is 5.32 Å². The molecule has 7 nitrogen and oxygen atoms in total. The maximum Gasteiger partial charge on any atom is 0.407 e. The van der Waals surface area contributed by atoms with Crippen molar-refractivity contribution in [2.75, 3.05) is 13.7 Å². The number of hydrogen-bond acceptors (Lipinski definition) is 5. The van der Waals surface area contributed by atoms with Gasteiger partial charge in [-0.1, -0.05) is 60.1 Å². The molecular weight excluding hydrogens is 494 g/mol. The van der Waals surface area contributed by atoms with E-state index in [9.17, 15) is 14.7 Å². The molecule has 0 saturated heterocycles. The predicted octanol–water partition coefficient (Wildman–Crippen LogP) is 6.14. The molecule has 5 rings (SSSR count). The summed E-state index contributed by atoms with van der Waals surface area (Å²) in [7, 11) is 1.53. The first-order valence-corrected chi connectivity index (χ1v) is 12.1. The van der Waals surface area contributed by atoms with E-state index in [1.165, 1.54) is 7.11 Å². The molecule has 37 heavy (non-hydrogen) atoms. The van der Waals surface area contributed by atoms with Gasteiger partial charge in [-0.3, -0.25) is 0 Å². The van der Waals surface area contributed by atoms with Gasteiger partial charge in [0.15, 0.2) is 0 Å². The summed E-state index contributed by atoms with van der Waals surface area (Å²) in [5, 5.41) is 12.6. The number of fused-ring (bicyclic) bond motifs is 3. The van der Waals surface area contributed by atoms with Gasteiger partial charge in [-0.15, -0.1) is 0 Å². The predicted molar refractivity (Wildman–Crippen MR) is 139 cm³/mol. The molecule has 0 fully saturated rings. The van der Waals surface area contributed by atoms with Crippen molar-refractivity contribution in [3.05, 3.63) is 101 Å². The number of hydrogen-bond donors (Lipinski definition) is 2. The third-order valence-corrected chi connectivity index (χ3v) is 6.73. The van der Waals surface area contributed by atoms with Crippen LogP contribution in [0, 0.1) is 0 Å². The summed E-state index contributed by atoms with van der Waals surface area (Å²) >= 11 is 6.20. The van der Waals surface area contributed by atoms with E-state index in [1.54, 1.807) is 30.3 Å². The quantitative estimate of drug-likeness (QED) is 0.291. The van der Waals surface area contributed by atoms with E-state index in [4.69, 9.17) is 25.5 Å². The van der Waals surface area contributed by atoms with Crippen LogP contribution in [0.15, 0.2) is 83.3 Å². The van der Waals surface area contributed by atoms with Gasteiger partial charge in [0.1, 0.15) is 29.9 Å². The Morgan fingerprint density at radius 3 is 2.30 bits per heavy atom. The Morgan fingerprint density at radius 2 is 1.68 bits per heavy atom. The van der Waals surface area contributed by atoms with Gasteiger partial charge >= 0.3 is 12.1 Å². The smallest absolute Gasteiger partial charge is 0.407 e. The lowest BCUT2D eigenvalue weighted by Gasteiger charge is -2.17. The van der Waals surface area contributed by atoms with E-state index in [0.29, 0.717) is 27.9 Å². The molecule has 0 radical (unpaired) electrons. The van der Waals surface area contributed by atoms with Gasteiger partial charge in [-0.05, 0) is 52.6 Å². The third kappa shape index (κ3) is 5.04. The van der Waals surface area contributed by atoms with Crippen LogP contribution >= 0.6 is 11.6 Å². The van der Waals surface area contributed by atoms with Crippen molar-refractivity contribution >= 4 is 23.7 Å². The Bertz CT molecular complexity index is 1420. The maximum absolute atomic E-state index is 12.6. The Balaban J connectivity index is 1.24. The Kier molecular flexibility index (Phi) is 6.88. The van der Waals surface area contributed by atoms with E-state index in [0.717, 1.165) is 22.3 Å². The topological polar surface area (TPSA) is 98.0 Å². The number of carboxylic acids is 1. The molecule has 4 aromatic rings. The summed E-state index contributed by atoms with van der Waals surface area (Å²) < 4.78 is 16.5. The van der Waals surface area contributed by atoms with Crippen molar-refractivity contribution in [1.29, 1.82) is 0 Å². The largest absolute Gasteiger partial charge is 0.495 e. The van der Waals surface area contributed by atoms with Crippen molar-refractivity contribution in [2.45, 2.75) is 18.4 Å². The van der Waals surface area contributed by atoms with Gasteiger partial charge in [-0.25, -0.2) is 9.59 Å². The summed E-state index contributed by atoms with van der Waals surface area (Å²) in [6, 6.07) is 23.4. The van der Waals surface area contributed by atoms with Crippen LogP contribution in [0.3, 0.4) is 0 Å². The van der Waals surface area contributed by atoms with Crippen LogP contribution in [0.1, 0.15) is 22.8 Å². The van der Waals surface area contributed by atoms with Gasteiger partial charge in [0.2, 0.25) is 0 Å². The van der Waals surface area contributed by atoms with Crippen LogP contribution in [0.25, 0.3) is 22.5 Å². The molecule has 1 aromatic heterocycles. The van der Waals surface area contributed by atoms with Crippen LogP contribution in [-0.4, -0.2) is 36.9 Å². The maximum atomic E-state index is 12.6. The number of benzene rings is 3. The molecule has 1 amide bonds. The van der Waals surface area contributed by atoms with Gasteiger partial charge in [0.05, 0.1) is 12.1 Å². The molecule has 0 spiro atoms. The molecule has 188 valence electrons. The second-order valence-electron chi connectivity index (χ2n) is 8.68. The molecule has 1 heterocycles. The molecule has 0 aliphatic heterocycles. The zero-order chi connectivity index (χ0) is 25.9. The molecule has 1 aliphatic carbocycles. The first-order valence-electron chi connectivity index (χ1n) is 11.7. The highest BCUT2D eigenvalue weighted by Crippen LogP contribution is 2.44.